The number of thioether (sulfide) groups is 1. The minimum Gasteiger partial charge on any atom is -0.357 e. The van der Waals surface area contributed by atoms with Crippen molar-refractivity contribution in [3.8, 4) is 0 Å². The highest BCUT2D eigenvalue weighted by molar-refractivity contribution is 8.03. The summed E-state index contributed by atoms with van der Waals surface area (Å²) in [5, 5.41) is 2.74. The molecule has 4 rings (SSSR count). The van der Waals surface area contributed by atoms with E-state index in [-0.39, 0.29) is 0 Å². The molecule has 0 N–H and O–H groups in total. The Bertz CT molecular complexity index is 666. The average molecular weight is 328 g/mol. The van der Waals surface area contributed by atoms with Crippen molar-refractivity contribution in [1.82, 2.24) is 4.90 Å². The maximum atomic E-state index is 12.1. The van der Waals surface area contributed by atoms with Crippen molar-refractivity contribution in [3.05, 3.63) is 40.3 Å². The maximum Gasteiger partial charge on any atom is 0.163 e. The largest absolute Gasteiger partial charge is 0.357 e. The van der Waals surface area contributed by atoms with Gasteiger partial charge in [-0.3, -0.25) is 4.79 Å². The van der Waals surface area contributed by atoms with E-state index in [4.69, 9.17) is 0 Å². The van der Waals surface area contributed by atoms with Gasteiger partial charge in [-0.2, -0.15) is 0 Å². The van der Waals surface area contributed by atoms with E-state index in [1.165, 1.54) is 16.8 Å². The fraction of sp³-hybridized carbons (Fsp3) is 0.526. The molecule has 2 heterocycles. The summed E-state index contributed by atoms with van der Waals surface area (Å²) >= 11 is 1.93. The van der Waals surface area contributed by atoms with Gasteiger partial charge >= 0.3 is 0 Å². The van der Waals surface area contributed by atoms with E-state index >= 15 is 0 Å². The average Bonchev–Trinajstić information content (AvgIpc) is 3.24. The molecule has 0 radical (unpaired) electrons. The van der Waals surface area contributed by atoms with Gasteiger partial charge in [-0.05, 0) is 48.2 Å². The lowest BCUT2D eigenvalue weighted by Gasteiger charge is -2.29. The first-order chi connectivity index (χ1) is 11.2. The molecule has 0 bridgehead atoms. The molecule has 4 heteroatoms. The fourth-order valence-corrected chi connectivity index (χ4v) is 5.43. The third kappa shape index (κ3) is 2.34. The normalized spacial score (nSPS) is 24.5. The first-order valence-corrected chi connectivity index (χ1v) is 9.69. The number of fused-ring (bicyclic) bond motifs is 5. The molecular weight excluding hydrogens is 304 g/mol. The SMILES string of the molecule is CCN(CC)CCN1c2ccc3c(c2C2C=CSC21)CCC3=O. The van der Waals surface area contributed by atoms with Gasteiger partial charge in [0.25, 0.3) is 0 Å². The number of ketones is 1. The van der Waals surface area contributed by atoms with E-state index < -0.39 is 0 Å². The van der Waals surface area contributed by atoms with Crippen LogP contribution >= 0.6 is 11.8 Å². The van der Waals surface area contributed by atoms with Crippen molar-refractivity contribution < 1.29 is 4.79 Å². The van der Waals surface area contributed by atoms with Gasteiger partial charge in [-0.1, -0.05) is 19.9 Å². The van der Waals surface area contributed by atoms with E-state index in [1.54, 1.807) is 0 Å². The number of nitrogens with zero attached hydrogens (tertiary/aromatic N) is 2. The van der Waals surface area contributed by atoms with Crippen molar-refractivity contribution >= 4 is 23.2 Å². The molecule has 3 aliphatic rings. The Hall–Kier alpha value is -1.26. The number of hydrogen-bond donors (Lipinski definition) is 0. The molecule has 1 aromatic rings. The number of carbonyl (C=O) groups is 1. The molecule has 0 fully saturated rings. The third-order valence-corrected chi connectivity index (χ3v) is 6.69. The van der Waals surface area contributed by atoms with Gasteiger partial charge in [0.15, 0.2) is 5.78 Å². The highest BCUT2D eigenvalue weighted by Crippen LogP contribution is 2.52. The molecule has 0 aromatic heterocycles. The van der Waals surface area contributed by atoms with E-state index in [0.717, 1.165) is 38.2 Å². The van der Waals surface area contributed by atoms with E-state index in [9.17, 15) is 4.79 Å². The first kappa shape index (κ1) is 15.3. The minimum absolute atomic E-state index is 0.329. The Morgan fingerprint density at radius 3 is 2.87 bits per heavy atom. The molecule has 1 aromatic carbocycles. The van der Waals surface area contributed by atoms with Crippen molar-refractivity contribution in [1.29, 1.82) is 0 Å². The number of anilines is 1. The van der Waals surface area contributed by atoms with Crippen LogP contribution in [0.3, 0.4) is 0 Å². The molecule has 0 saturated heterocycles. The second kappa shape index (κ2) is 5.99. The fourth-order valence-electron chi connectivity index (χ4n) is 4.25. The molecule has 2 atom stereocenters. The van der Waals surface area contributed by atoms with Gasteiger partial charge in [0.1, 0.15) is 0 Å². The minimum atomic E-state index is 0.329. The smallest absolute Gasteiger partial charge is 0.163 e. The Balaban J connectivity index is 1.68. The molecule has 2 unspecified atom stereocenters. The number of likely N-dealkylation sites (N-methyl/N-ethyl adjacent to an activating group) is 1. The molecule has 0 amide bonds. The lowest BCUT2D eigenvalue weighted by atomic mass is 9.93. The van der Waals surface area contributed by atoms with Gasteiger partial charge in [0.2, 0.25) is 0 Å². The molecule has 0 saturated carbocycles. The van der Waals surface area contributed by atoms with Crippen molar-refractivity contribution in [2.75, 3.05) is 31.1 Å². The van der Waals surface area contributed by atoms with Crippen LogP contribution in [-0.4, -0.2) is 42.2 Å². The van der Waals surface area contributed by atoms with Gasteiger partial charge in [-0.25, -0.2) is 0 Å². The lowest BCUT2D eigenvalue weighted by Crippen LogP contribution is -2.37. The van der Waals surface area contributed by atoms with Gasteiger partial charge in [0, 0.05) is 36.7 Å². The van der Waals surface area contributed by atoms with Crippen LogP contribution in [0.25, 0.3) is 0 Å². The number of hydrogen-bond acceptors (Lipinski definition) is 4. The monoisotopic (exact) mass is 328 g/mol. The number of Topliss-reactive ketones (excluding diaryl/α,β-unsaturated/α-hetero) is 1. The topological polar surface area (TPSA) is 23.6 Å². The molecule has 0 spiro atoms. The lowest BCUT2D eigenvalue weighted by molar-refractivity contribution is 0.0994. The standard InChI is InChI=1S/C19H24N2OS/c1-3-20(4-2)10-11-21-16-7-5-13-14(6-8-17(13)22)18(16)15-9-12-23-19(15)21/h5,7,9,12,15,19H,3-4,6,8,10-11H2,1-2H3. The Kier molecular flexibility index (Phi) is 3.98. The third-order valence-electron chi connectivity index (χ3n) is 5.55. The van der Waals surface area contributed by atoms with Crippen LogP contribution in [0, 0.1) is 0 Å². The zero-order chi connectivity index (χ0) is 16.0. The van der Waals surface area contributed by atoms with Crippen LogP contribution in [-0.2, 0) is 6.42 Å². The summed E-state index contributed by atoms with van der Waals surface area (Å²) in [6.45, 7) is 8.84. The van der Waals surface area contributed by atoms with Gasteiger partial charge in [0.05, 0.1) is 5.37 Å². The van der Waals surface area contributed by atoms with Crippen LogP contribution < -0.4 is 4.90 Å². The predicted octanol–water partition coefficient (Wildman–Crippen LogP) is 3.65. The summed E-state index contributed by atoms with van der Waals surface area (Å²) in [5.41, 5.74) is 5.13. The van der Waals surface area contributed by atoms with Gasteiger partial charge in [-0.15, -0.1) is 11.8 Å². The highest BCUT2D eigenvalue weighted by atomic mass is 32.2. The summed E-state index contributed by atoms with van der Waals surface area (Å²) in [5.74, 6) is 0.795. The van der Waals surface area contributed by atoms with Crippen molar-refractivity contribution in [2.45, 2.75) is 38.0 Å². The van der Waals surface area contributed by atoms with Crippen molar-refractivity contribution in [2.24, 2.45) is 0 Å². The van der Waals surface area contributed by atoms with E-state index in [0.29, 0.717) is 23.5 Å². The van der Waals surface area contributed by atoms with E-state index in [2.05, 4.69) is 47.3 Å². The van der Waals surface area contributed by atoms with Crippen molar-refractivity contribution in [3.63, 3.8) is 0 Å². The molecule has 3 nitrogen and oxygen atoms in total. The predicted molar refractivity (Wildman–Crippen MR) is 97.5 cm³/mol. The molecule has 23 heavy (non-hydrogen) atoms. The summed E-state index contributed by atoms with van der Waals surface area (Å²) in [7, 11) is 0. The van der Waals surface area contributed by atoms with Crippen LogP contribution in [0.5, 0.6) is 0 Å². The molecule has 122 valence electrons. The highest BCUT2D eigenvalue weighted by Gasteiger charge is 2.42. The molecular formula is C19H24N2OS. The van der Waals surface area contributed by atoms with Crippen LogP contribution in [0.1, 0.15) is 47.7 Å². The Morgan fingerprint density at radius 1 is 1.26 bits per heavy atom. The summed E-state index contributed by atoms with van der Waals surface area (Å²) in [6.07, 6.45) is 3.97. The Morgan fingerprint density at radius 2 is 2.09 bits per heavy atom. The van der Waals surface area contributed by atoms with Crippen LogP contribution in [0.15, 0.2) is 23.6 Å². The first-order valence-electron chi connectivity index (χ1n) is 8.74. The summed E-state index contributed by atoms with van der Waals surface area (Å²) in [4.78, 5) is 17.1. The van der Waals surface area contributed by atoms with Gasteiger partial charge < -0.3 is 9.80 Å². The summed E-state index contributed by atoms with van der Waals surface area (Å²) in [6, 6.07) is 4.27. The Labute approximate surface area is 142 Å². The second-order valence-electron chi connectivity index (χ2n) is 6.55. The summed E-state index contributed by atoms with van der Waals surface area (Å²) < 4.78 is 0. The van der Waals surface area contributed by atoms with Crippen LogP contribution in [0.4, 0.5) is 5.69 Å². The second-order valence-corrected chi connectivity index (χ2v) is 7.58. The maximum absolute atomic E-state index is 12.1. The van der Waals surface area contributed by atoms with Crippen LogP contribution in [0.2, 0.25) is 0 Å². The van der Waals surface area contributed by atoms with E-state index in [1.807, 2.05) is 11.8 Å². The number of carbonyl (C=O) groups excluding carboxylic acids is 1. The zero-order valence-corrected chi connectivity index (χ0v) is 14.7. The number of benzene rings is 1. The molecule has 2 aliphatic heterocycles. The quantitative estimate of drug-likeness (QED) is 0.823. The number of rotatable bonds is 5. The zero-order valence-electron chi connectivity index (χ0n) is 13.9. The molecule has 1 aliphatic carbocycles.